The lowest BCUT2D eigenvalue weighted by Gasteiger charge is -2.71. The first-order valence-electron chi connectivity index (χ1n) is 14.8. The molecule has 3 fully saturated rings. The highest BCUT2D eigenvalue weighted by Crippen LogP contribution is 2.76. The number of nitrogens with two attached hydrogens (primary N) is 1. The minimum absolute atomic E-state index is 0.0511. The van der Waals surface area contributed by atoms with Gasteiger partial charge in [-0.15, -0.1) is 0 Å². The molecule has 0 radical (unpaired) electrons. The largest absolute Gasteiger partial charge is 0.513 e. The van der Waals surface area contributed by atoms with Gasteiger partial charge >= 0.3 is 6.16 Å². The van der Waals surface area contributed by atoms with E-state index in [1.54, 1.807) is 13.0 Å². The van der Waals surface area contributed by atoms with Crippen molar-refractivity contribution in [3.63, 3.8) is 0 Å². The maximum absolute atomic E-state index is 13.3. The number of ether oxygens (including phenoxy) is 2. The minimum atomic E-state index is -0.852. The standard InChI is InChI=1S/C33H45NO5/c1-8-33-17-15-31(6)22-18-23(35)26(39-28(37)38-9-2)20(3)21(22)10-11-24(31)32(33,7)16-14-29(4)12-13-30(5,27(34)36)19-25(29)33/h10-11,18,25H,8-9,12-17,19H2,1-7H3,(H2,34,36)/t25-,29-,30-,31+,32-,33+/m1/s1. The Morgan fingerprint density at radius 2 is 1.69 bits per heavy atom. The molecule has 0 unspecified atom stereocenters. The van der Waals surface area contributed by atoms with E-state index in [-0.39, 0.29) is 45.7 Å². The van der Waals surface area contributed by atoms with Gasteiger partial charge in [-0.1, -0.05) is 52.3 Å². The summed E-state index contributed by atoms with van der Waals surface area (Å²) < 4.78 is 10.3. The second kappa shape index (κ2) is 8.94. The smallest absolute Gasteiger partial charge is 0.434 e. The minimum Gasteiger partial charge on any atom is -0.434 e. The lowest BCUT2D eigenvalue weighted by molar-refractivity contribution is -0.176. The van der Waals surface area contributed by atoms with Crippen molar-refractivity contribution in [3.05, 3.63) is 46.3 Å². The molecule has 6 nitrogen and oxygen atoms in total. The van der Waals surface area contributed by atoms with Crippen molar-refractivity contribution < 1.29 is 23.9 Å². The van der Waals surface area contributed by atoms with Gasteiger partial charge in [-0.05, 0) is 105 Å². The number of carbonyl (C=O) groups is 3. The Kier molecular flexibility index (Phi) is 6.40. The molecule has 6 heteroatoms. The molecule has 0 aromatic rings. The highest BCUT2D eigenvalue weighted by Gasteiger charge is 2.68. The van der Waals surface area contributed by atoms with Crippen molar-refractivity contribution in [2.75, 3.05) is 6.61 Å². The molecule has 0 aromatic heterocycles. The summed E-state index contributed by atoms with van der Waals surface area (Å²) in [6.45, 7) is 15.4. The maximum atomic E-state index is 13.3. The molecule has 0 aromatic carbocycles. The number of fused-ring (bicyclic) bond motifs is 7. The SMILES string of the molecule is CCOC(=O)OC1=C(C)C2=CC=C3[C@@](C)(CC[C@@]4(CC)[C@@H]5C[C@](C)(C(N)=O)CC[C@]5(C)CC[C@]34C)C2=CC1=O. The summed E-state index contributed by atoms with van der Waals surface area (Å²) in [7, 11) is 0. The lowest BCUT2D eigenvalue weighted by Crippen LogP contribution is -2.63. The van der Waals surface area contributed by atoms with Gasteiger partial charge in [0.1, 0.15) is 0 Å². The van der Waals surface area contributed by atoms with E-state index in [0.29, 0.717) is 11.5 Å². The Morgan fingerprint density at radius 3 is 2.33 bits per heavy atom. The monoisotopic (exact) mass is 535 g/mol. The van der Waals surface area contributed by atoms with E-state index < -0.39 is 11.6 Å². The molecule has 2 N–H and O–H groups in total. The third kappa shape index (κ3) is 3.69. The van der Waals surface area contributed by atoms with E-state index in [9.17, 15) is 14.4 Å². The van der Waals surface area contributed by atoms with Crippen molar-refractivity contribution in [1.29, 1.82) is 0 Å². The van der Waals surface area contributed by atoms with Crippen LogP contribution in [0.1, 0.15) is 99.8 Å². The average Bonchev–Trinajstić information content (AvgIpc) is 2.88. The molecule has 0 heterocycles. The van der Waals surface area contributed by atoms with E-state index in [4.69, 9.17) is 15.2 Å². The fourth-order valence-electron chi connectivity index (χ4n) is 9.60. The molecule has 0 aliphatic heterocycles. The van der Waals surface area contributed by atoms with Crippen LogP contribution in [0.2, 0.25) is 0 Å². The van der Waals surface area contributed by atoms with Gasteiger partial charge in [0.05, 0.1) is 6.61 Å². The highest BCUT2D eigenvalue weighted by molar-refractivity contribution is 6.08. The van der Waals surface area contributed by atoms with Crippen molar-refractivity contribution in [2.45, 2.75) is 99.8 Å². The van der Waals surface area contributed by atoms with Crippen LogP contribution in [0.15, 0.2) is 46.3 Å². The summed E-state index contributed by atoms with van der Waals surface area (Å²) in [5.41, 5.74) is 9.51. The third-order valence-corrected chi connectivity index (χ3v) is 12.2. The Labute approximate surface area is 233 Å². The molecule has 212 valence electrons. The van der Waals surface area contributed by atoms with Gasteiger partial charge in [-0.3, -0.25) is 9.59 Å². The zero-order chi connectivity index (χ0) is 28.6. The molecule has 5 aliphatic rings. The first-order chi connectivity index (χ1) is 18.2. The second-order valence-electron chi connectivity index (χ2n) is 13.8. The number of carbonyl (C=O) groups excluding carboxylic acids is 3. The Hall–Kier alpha value is -2.63. The maximum Gasteiger partial charge on any atom is 0.513 e. The number of hydrogen-bond donors (Lipinski definition) is 1. The molecule has 5 aliphatic carbocycles. The van der Waals surface area contributed by atoms with Crippen LogP contribution in [0.25, 0.3) is 0 Å². The normalized spacial score (nSPS) is 41.2. The fraction of sp³-hybridized carbons (Fsp3) is 0.667. The number of amides is 1. The topological polar surface area (TPSA) is 95.7 Å². The number of allylic oxidation sites excluding steroid dienone is 7. The van der Waals surface area contributed by atoms with Gasteiger partial charge < -0.3 is 15.2 Å². The summed E-state index contributed by atoms with van der Waals surface area (Å²) in [5.74, 6) is 0.00903. The highest BCUT2D eigenvalue weighted by atomic mass is 16.7. The number of ketones is 1. The second-order valence-corrected chi connectivity index (χ2v) is 13.8. The summed E-state index contributed by atoms with van der Waals surface area (Å²) in [4.78, 5) is 38.0. The van der Waals surface area contributed by atoms with Gasteiger partial charge in [-0.25, -0.2) is 4.79 Å². The van der Waals surface area contributed by atoms with Crippen LogP contribution in [0, 0.1) is 33.0 Å². The van der Waals surface area contributed by atoms with E-state index in [2.05, 4.69) is 46.8 Å². The van der Waals surface area contributed by atoms with Crippen LogP contribution in [0.3, 0.4) is 0 Å². The molecular weight excluding hydrogens is 490 g/mol. The average molecular weight is 536 g/mol. The van der Waals surface area contributed by atoms with Crippen molar-refractivity contribution in [3.8, 4) is 0 Å². The fourth-order valence-corrected chi connectivity index (χ4v) is 9.60. The van der Waals surface area contributed by atoms with Gasteiger partial charge in [-0.2, -0.15) is 0 Å². The van der Waals surface area contributed by atoms with Gasteiger partial charge in [0.15, 0.2) is 5.76 Å². The van der Waals surface area contributed by atoms with Crippen LogP contribution >= 0.6 is 0 Å². The first-order valence-corrected chi connectivity index (χ1v) is 14.8. The third-order valence-electron chi connectivity index (χ3n) is 12.2. The molecule has 0 spiro atoms. The van der Waals surface area contributed by atoms with Crippen LogP contribution in [-0.2, 0) is 19.1 Å². The van der Waals surface area contributed by atoms with Crippen LogP contribution in [0.4, 0.5) is 4.79 Å². The van der Waals surface area contributed by atoms with Gasteiger partial charge in [0.25, 0.3) is 0 Å². The molecular formula is C33H45NO5. The van der Waals surface area contributed by atoms with Crippen LogP contribution in [-0.4, -0.2) is 24.5 Å². The number of hydrogen-bond acceptors (Lipinski definition) is 5. The summed E-state index contributed by atoms with van der Waals surface area (Å²) in [6.07, 6.45) is 13.3. The molecule has 3 saturated carbocycles. The molecule has 0 bridgehead atoms. The predicted octanol–water partition coefficient (Wildman–Crippen LogP) is 7.10. The van der Waals surface area contributed by atoms with E-state index in [1.165, 1.54) is 5.57 Å². The molecule has 6 atom stereocenters. The summed E-state index contributed by atoms with van der Waals surface area (Å²) in [6, 6.07) is 0. The zero-order valence-corrected chi connectivity index (χ0v) is 24.8. The molecule has 5 rings (SSSR count). The summed E-state index contributed by atoms with van der Waals surface area (Å²) >= 11 is 0. The number of rotatable bonds is 4. The Morgan fingerprint density at radius 1 is 1.00 bits per heavy atom. The molecule has 39 heavy (non-hydrogen) atoms. The van der Waals surface area contributed by atoms with E-state index in [0.717, 1.165) is 62.5 Å². The molecule has 1 amide bonds. The van der Waals surface area contributed by atoms with E-state index >= 15 is 0 Å². The zero-order valence-electron chi connectivity index (χ0n) is 24.8. The summed E-state index contributed by atoms with van der Waals surface area (Å²) in [5, 5.41) is 0. The lowest BCUT2D eigenvalue weighted by atomic mass is 9.33. The van der Waals surface area contributed by atoms with Gasteiger partial charge in [0, 0.05) is 16.4 Å². The van der Waals surface area contributed by atoms with Crippen LogP contribution < -0.4 is 5.73 Å². The number of primary amides is 1. The Bertz CT molecular complexity index is 1270. The molecule has 0 saturated heterocycles. The quantitative estimate of drug-likeness (QED) is 0.387. The first kappa shape index (κ1) is 27.9. The van der Waals surface area contributed by atoms with E-state index in [1.807, 2.05) is 6.92 Å². The van der Waals surface area contributed by atoms with Crippen molar-refractivity contribution >= 4 is 17.8 Å². The van der Waals surface area contributed by atoms with Crippen LogP contribution in [0.5, 0.6) is 0 Å². The van der Waals surface area contributed by atoms with Crippen molar-refractivity contribution in [1.82, 2.24) is 0 Å². The Balaban J connectivity index is 1.61. The predicted molar refractivity (Wildman–Crippen MR) is 150 cm³/mol. The van der Waals surface area contributed by atoms with Gasteiger partial charge in [0.2, 0.25) is 11.7 Å². The van der Waals surface area contributed by atoms with Crippen molar-refractivity contribution in [2.24, 2.45) is 38.7 Å².